The van der Waals surface area contributed by atoms with E-state index in [1.54, 1.807) is 4.90 Å². The summed E-state index contributed by atoms with van der Waals surface area (Å²) in [6.07, 6.45) is 0. The maximum atomic E-state index is 13.2. The van der Waals surface area contributed by atoms with Crippen LogP contribution in [0.25, 0.3) is 0 Å². The van der Waals surface area contributed by atoms with Crippen molar-refractivity contribution in [2.45, 2.75) is 13.8 Å². The predicted octanol–water partition coefficient (Wildman–Crippen LogP) is 3.14. The molecular weight excluding hydrogens is 223 g/mol. The molecule has 17 heavy (non-hydrogen) atoms. The maximum Gasteiger partial charge on any atom is 0.292 e. The van der Waals surface area contributed by atoms with Crippen molar-refractivity contribution < 1.29 is 9.31 Å². The van der Waals surface area contributed by atoms with Crippen LogP contribution in [0.4, 0.5) is 15.8 Å². The minimum atomic E-state index is -0.504. The standard InChI is InChI=1S/C12H15FN2O2/c1-4-14(8-9(2)3)12-7-10(13)5-6-11(12)15(16)17/h5-7H,2,4,8H2,1,3H3. The van der Waals surface area contributed by atoms with E-state index in [1.807, 2.05) is 13.8 Å². The molecule has 0 aliphatic heterocycles. The topological polar surface area (TPSA) is 46.4 Å². The highest BCUT2D eigenvalue weighted by atomic mass is 19.1. The van der Waals surface area contributed by atoms with Gasteiger partial charge in [-0.2, -0.15) is 0 Å². The van der Waals surface area contributed by atoms with Crippen molar-refractivity contribution in [3.05, 3.63) is 46.3 Å². The molecule has 0 N–H and O–H groups in total. The van der Waals surface area contributed by atoms with Gasteiger partial charge in [-0.25, -0.2) is 4.39 Å². The molecule has 0 saturated heterocycles. The van der Waals surface area contributed by atoms with Gasteiger partial charge in [0.05, 0.1) is 4.92 Å². The fourth-order valence-electron chi connectivity index (χ4n) is 1.60. The number of likely N-dealkylation sites (N-methyl/N-ethyl adjacent to an activating group) is 1. The van der Waals surface area contributed by atoms with Gasteiger partial charge in [-0.3, -0.25) is 10.1 Å². The Morgan fingerprint density at radius 3 is 2.71 bits per heavy atom. The molecule has 0 fully saturated rings. The molecule has 0 amide bonds. The summed E-state index contributed by atoms with van der Waals surface area (Å²) >= 11 is 0. The van der Waals surface area contributed by atoms with Gasteiger partial charge in [-0.05, 0) is 19.9 Å². The predicted molar refractivity (Wildman–Crippen MR) is 65.8 cm³/mol. The summed E-state index contributed by atoms with van der Waals surface area (Å²) in [5.41, 5.74) is 1.07. The minimum Gasteiger partial charge on any atom is -0.362 e. The van der Waals surface area contributed by atoms with Gasteiger partial charge in [0.15, 0.2) is 0 Å². The van der Waals surface area contributed by atoms with Crippen molar-refractivity contribution in [2.24, 2.45) is 0 Å². The minimum absolute atomic E-state index is 0.0884. The Kier molecular flexibility index (Phi) is 4.20. The lowest BCUT2D eigenvalue weighted by Crippen LogP contribution is -2.25. The van der Waals surface area contributed by atoms with E-state index in [9.17, 15) is 14.5 Å². The molecular formula is C12H15FN2O2. The monoisotopic (exact) mass is 238 g/mol. The molecule has 0 saturated carbocycles. The SMILES string of the molecule is C=C(C)CN(CC)c1cc(F)ccc1[N+](=O)[O-]. The first-order valence-electron chi connectivity index (χ1n) is 5.29. The fourth-order valence-corrected chi connectivity index (χ4v) is 1.60. The van der Waals surface area contributed by atoms with E-state index in [2.05, 4.69) is 6.58 Å². The van der Waals surface area contributed by atoms with Gasteiger partial charge in [0.1, 0.15) is 11.5 Å². The second-order valence-electron chi connectivity index (χ2n) is 3.86. The second kappa shape index (κ2) is 5.43. The van der Waals surface area contributed by atoms with Crippen molar-refractivity contribution >= 4 is 11.4 Å². The van der Waals surface area contributed by atoms with Gasteiger partial charge in [-0.1, -0.05) is 12.2 Å². The number of nitro groups is 1. The number of rotatable bonds is 5. The van der Waals surface area contributed by atoms with Gasteiger partial charge in [0.2, 0.25) is 0 Å². The smallest absolute Gasteiger partial charge is 0.292 e. The average molecular weight is 238 g/mol. The summed E-state index contributed by atoms with van der Waals surface area (Å²) < 4.78 is 13.2. The largest absolute Gasteiger partial charge is 0.362 e. The molecule has 92 valence electrons. The first kappa shape index (κ1) is 13.2. The van der Waals surface area contributed by atoms with Gasteiger partial charge < -0.3 is 4.90 Å². The molecule has 1 rings (SSSR count). The Bertz CT molecular complexity index is 446. The zero-order chi connectivity index (χ0) is 13.0. The van der Waals surface area contributed by atoms with Crippen LogP contribution in [-0.4, -0.2) is 18.0 Å². The van der Waals surface area contributed by atoms with Gasteiger partial charge in [0, 0.05) is 25.2 Å². The summed E-state index contributed by atoms with van der Waals surface area (Å²) in [6, 6.07) is 3.46. The Hall–Kier alpha value is -1.91. The first-order valence-corrected chi connectivity index (χ1v) is 5.29. The summed E-state index contributed by atoms with van der Waals surface area (Å²) in [5, 5.41) is 10.9. The summed E-state index contributed by atoms with van der Waals surface area (Å²) in [7, 11) is 0. The molecule has 0 atom stereocenters. The number of nitro benzene ring substituents is 1. The fraction of sp³-hybridized carbons (Fsp3) is 0.333. The van der Waals surface area contributed by atoms with E-state index < -0.39 is 10.7 Å². The quantitative estimate of drug-likeness (QED) is 0.449. The second-order valence-corrected chi connectivity index (χ2v) is 3.86. The van der Waals surface area contributed by atoms with Crippen LogP contribution in [-0.2, 0) is 0 Å². The molecule has 1 aromatic carbocycles. The van der Waals surface area contributed by atoms with Gasteiger partial charge in [-0.15, -0.1) is 0 Å². The third kappa shape index (κ3) is 3.27. The molecule has 0 bridgehead atoms. The van der Waals surface area contributed by atoms with E-state index in [0.717, 1.165) is 11.6 Å². The van der Waals surface area contributed by atoms with Crippen LogP contribution >= 0.6 is 0 Å². The summed E-state index contributed by atoms with van der Waals surface area (Å²) in [5.74, 6) is -0.481. The molecule has 4 nitrogen and oxygen atoms in total. The van der Waals surface area contributed by atoms with Crippen molar-refractivity contribution in [2.75, 3.05) is 18.0 Å². The zero-order valence-electron chi connectivity index (χ0n) is 9.94. The van der Waals surface area contributed by atoms with Crippen molar-refractivity contribution in [1.82, 2.24) is 0 Å². The molecule has 5 heteroatoms. The number of hydrogen-bond donors (Lipinski definition) is 0. The van der Waals surface area contributed by atoms with Crippen molar-refractivity contribution in [1.29, 1.82) is 0 Å². The molecule has 1 aromatic rings. The summed E-state index contributed by atoms with van der Waals surface area (Å²) in [6.45, 7) is 8.47. The van der Waals surface area contributed by atoms with Crippen LogP contribution in [0.3, 0.4) is 0 Å². The molecule has 0 radical (unpaired) electrons. The Balaban J connectivity index is 3.20. The maximum absolute atomic E-state index is 13.2. The lowest BCUT2D eigenvalue weighted by Gasteiger charge is -2.22. The summed E-state index contributed by atoms with van der Waals surface area (Å²) in [4.78, 5) is 12.1. The average Bonchev–Trinajstić information content (AvgIpc) is 2.25. The zero-order valence-corrected chi connectivity index (χ0v) is 9.94. The Labute approximate surface area is 99.5 Å². The molecule has 0 aliphatic rings. The van der Waals surface area contributed by atoms with E-state index in [0.29, 0.717) is 18.8 Å². The number of halogens is 1. The molecule has 0 spiro atoms. The lowest BCUT2D eigenvalue weighted by atomic mass is 10.2. The number of benzene rings is 1. The third-order valence-electron chi connectivity index (χ3n) is 2.32. The molecule has 0 heterocycles. The Morgan fingerprint density at radius 1 is 1.59 bits per heavy atom. The van der Waals surface area contributed by atoms with Crippen LogP contribution in [0.2, 0.25) is 0 Å². The van der Waals surface area contributed by atoms with Crippen LogP contribution in [0.1, 0.15) is 13.8 Å². The lowest BCUT2D eigenvalue weighted by molar-refractivity contribution is -0.384. The number of anilines is 1. The van der Waals surface area contributed by atoms with Crippen LogP contribution in [0.15, 0.2) is 30.4 Å². The Morgan fingerprint density at radius 2 is 2.24 bits per heavy atom. The molecule has 0 unspecified atom stereocenters. The molecule has 0 aliphatic carbocycles. The van der Waals surface area contributed by atoms with E-state index in [4.69, 9.17) is 0 Å². The highest BCUT2D eigenvalue weighted by Crippen LogP contribution is 2.29. The number of nitrogens with zero attached hydrogens (tertiary/aromatic N) is 2. The van der Waals surface area contributed by atoms with E-state index >= 15 is 0 Å². The highest BCUT2D eigenvalue weighted by Gasteiger charge is 2.19. The van der Waals surface area contributed by atoms with Crippen molar-refractivity contribution in [3.63, 3.8) is 0 Å². The third-order valence-corrected chi connectivity index (χ3v) is 2.32. The van der Waals surface area contributed by atoms with Crippen LogP contribution in [0, 0.1) is 15.9 Å². The van der Waals surface area contributed by atoms with E-state index in [1.165, 1.54) is 12.1 Å². The number of hydrogen-bond acceptors (Lipinski definition) is 3. The first-order chi connectivity index (χ1) is 7.95. The normalized spacial score (nSPS) is 10.1. The highest BCUT2D eigenvalue weighted by molar-refractivity contribution is 5.63. The van der Waals surface area contributed by atoms with Crippen LogP contribution in [0.5, 0.6) is 0 Å². The van der Waals surface area contributed by atoms with Gasteiger partial charge in [0.25, 0.3) is 5.69 Å². The molecule has 0 aromatic heterocycles. The van der Waals surface area contributed by atoms with Crippen LogP contribution < -0.4 is 4.90 Å². The van der Waals surface area contributed by atoms with E-state index in [-0.39, 0.29) is 5.69 Å². The van der Waals surface area contributed by atoms with Gasteiger partial charge >= 0.3 is 0 Å². The van der Waals surface area contributed by atoms with Crippen molar-refractivity contribution in [3.8, 4) is 0 Å².